The average Bonchev–Trinajstić information content (AvgIpc) is 2.80. The van der Waals surface area contributed by atoms with E-state index in [0.29, 0.717) is 0 Å². The predicted molar refractivity (Wildman–Crippen MR) is 142 cm³/mol. The number of hydrogen-bond donors (Lipinski definition) is 0. The molecule has 0 N–H and O–H groups in total. The maximum absolute atomic E-state index is 6.01. The molecule has 0 radical (unpaired) electrons. The number of ether oxygens (including phenoxy) is 2. The second-order valence-corrected chi connectivity index (χ2v) is 9.74. The summed E-state index contributed by atoms with van der Waals surface area (Å²) in [6.45, 7) is 2.26. The van der Waals surface area contributed by atoms with Crippen molar-refractivity contribution in [2.45, 2.75) is 71.1 Å². The lowest BCUT2D eigenvalue weighted by atomic mass is 9.88. The van der Waals surface area contributed by atoms with Gasteiger partial charge in [-0.15, -0.1) is 0 Å². The summed E-state index contributed by atoms with van der Waals surface area (Å²) < 4.78 is 11.4. The molecule has 2 aromatic carbocycles. The van der Waals surface area contributed by atoms with Crippen LogP contribution in [0.2, 0.25) is 0 Å². The first-order valence-electron chi connectivity index (χ1n) is 11.6. The molecule has 0 aliphatic carbocycles. The molecule has 0 spiro atoms. The second-order valence-electron chi connectivity index (χ2n) is 8.15. The van der Waals surface area contributed by atoms with Gasteiger partial charge in [-0.05, 0) is 91.5 Å². The minimum absolute atomic E-state index is 0.897. The molecule has 2 rings (SSSR count). The molecule has 2 aromatic rings. The van der Waals surface area contributed by atoms with E-state index in [1.165, 1.54) is 79.2 Å². The molecule has 2 nitrogen and oxygen atoms in total. The molecule has 0 atom stereocenters. The number of benzene rings is 2. The Labute approximate surface area is 206 Å². The molecular weight excluding hydrogens is 516 g/mol. The maximum Gasteiger partial charge on any atom is 0.125 e. The summed E-state index contributed by atoms with van der Waals surface area (Å²) >= 11 is 7.08. The van der Waals surface area contributed by atoms with Gasteiger partial charge >= 0.3 is 0 Å². The van der Waals surface area contributed by atoms with Gasteiger partial charge in [0.2, 0.25) is 0 Å². The first kappa shape index (κ1) is 26.3. The molecule has 0 saturated heterocycles. The molecule has 172 valence electrons. The Bertz CT molecular complexity index is 772. The lowest BCUT2D eigenvalue weighted by Crippen LogP contribution is -2.03. The van der Waals surface area contributed by atoms with E-state index >= 15 is 0 Å². The van der Waals surface area contributed by atoms with Crippen molar-refractivity contribution in [3.8, 4) is 22.6 Å². The molecular formula is C27H38Br2O2. The maximum atomic E-state index is 6.01. The van der Waals surface area contributed by atoms with Crippen LogP contribution in [0.5, 0.6) is 11.5 Å². The van der Waals surface area contributed by atoms with E-state index in [4.69, 9.17) is 9.47 Å². The van der Waals surface area contributed by atoms with Gasteiger partial charge in [0.25, 0.3) is 0 Å². The number of unbranched alkanes of at least 4 members (excludes halogenated alkanes) is 6. The van der Waals surface area contributed by atoms with E-state index in [0.717, 1.165) is 35.0 Å². The van der Waals surface area contributed by atoms with Crippen molar-refractivity contribution in [2.75, 3.05) is 24.9 Å². The summed E-state index contributed by atoms with van der Waals surface area (Å²) in [5, 5.41) is 2.20. The van der Waals surface area contributed by atoms with Crippen molar-refractivity contribution in [1.29, 1.82) is 0 Å². The third-order valence-corrected chi connectivity index (χ3v) is 7.11. The van der Waals surface area contributed by atoms with E-state index in [-0.39, 0.29) is 0 Å². The SMILES string of the molecule is COc1ccc(-c2cc(CCCCCCBr)c(OC)c(CCCCCCBr)c2C)cc1. The summed E-state index contributed by atoms with van der Waals surface area (Å²) in [5.41, 5.74) is 6.68. The van der Waals surface area contributed by atoms with Gasteiger partial charge in [0.15, 0.2) is 0 Å². The van der Waals surface area contributed by atoms with Crippen LogP contribution in [0.1, 0.15) is 68.1 Å². The van der Waals surface area contributed by atoms with Gasteiger partial charge in [0.05, 0.1) is 14.2 Å². The van der Waals surface area contributed by atoms with Crippen molar-refractivity contribution in [3.63, 3.8) is 0 Å². The highest BCUT2D eigenvalue weighted by Gasteiger charge is 2.17. The van der Waals surface area contributed by atoms with Gasteiger partial charge in [-0.3, -0.25) is 0 Å². The lowest BCUT2D eigenvalue weighted by molar-refractivity contribution is 0.402. The Morgan fingerprint density at radius 2 is 1.29 bits per heavy atom. The minimum atomic E-state index is 0.897. The van der Waals surface area contributed by atoms with Gasteiger partial charge in [-0.1, -0.05) is 69.7 Å². The smallest absolute Gasteiger partial charge is 0.125 e. The molecule has 0 aliphatic heterocycles. The molecule has 0 aromatic heterocycles. The summed E-state index contributed by atoms with van der Waals surface area (Å²) in [6, 6.07) is 10.8. The van der Waals surface area contributed by atoms with Crippen molar-refractivity contribution < 1.29 is 9.47 Å². The van der Waals surface area contributed by atoms with Crippen LogP contribution < -0.4 is 9.47 Å². The van der Waals surface area contributed by atoms with Crippen LogP contribution in [0.3, 0.4) is 0 Å². The van der Waals surface area contributed by atoms with Gasteiger partial charge in [-0.25, -0.2) is 0 Å². The van der Waals surface area contributed by atoms with Gasteiger partial charge < -0.3 is 9.47 Å². The molecule has 0 amide bonds. The van der Waals surface area contributed by atoms with Crippen LogP contribution in [0.25, 0.3) is 11.1 Å². The van der Waals surface area contributed by atoms with Gasteiger partial charge in [0, 0.05) is 10.7 Å². The minimum Gasteiger partial charge on any atom is -0.497 e. The Morgan fingerprint density at radius 1 is 0.710 bits per heavy atom. The molecule has 0 unspecified atom stereocenters. The van der Waals surface area contributed by atoms with E-state index in [2.05, 4.69) is 69.1 Å². The van der Waals surface area contributed by atoms with Crippen LogP contribution in [0.15, 0.2) is 30.3 Å². The van der Waals surface area contributed by atoms with Crippen molar-refractivity contribution in [3.05, 3.63) is 47.0 Å². The number of methoxy groups -OCH3 is 2. The van der Waals surface area contributed by atoms with E-state index in [1.807, 2.05) is 7.11 Å². The number of halogens is 2. The molecule has 0 fully saturated rings. The average molecular weight is 554 g/mol. The van der Waals surface area contributed by atoms with Crippen molar-refractivity contribution in [2.24, 2.45) is 0 Å². The zero-order chi connectivity index (χ0) is 22.5. The van der Waals surface area contributed by atoms with Crippen molar-refractivity contribution >= 4 is 31.9 Å². The van der Waals surface area contributed by atoms with Gasteiger partial charge in [0.1, 0.15) is 11.5 Å². The fraction of sp³-hybridized carbons (Fsp3) is 0.556. The fourth-order valence-electron chi connectivity index (χ4n) is 4.20. The van der Waals surface area contributed by atoms with Crippen LogP contribution in [-0.2, 0) is 12.8 Å². The Hall–Kier alpha value is -1.00. The van der Waals surface area contributed by atoms with Gasteiger partial charge in [-0.2, -0.15) is 0 Å². The van der Waals surface area contributed by atoms with E-state index in [1.54, 1.807) is 7.11 Å². The van der Waals surface area contributed by atoms with E-state index < -0.39 is 0 Å². The lowest BCUT2D eigenvalue weighted by Gasteiger charge is -2.20. The predicted octanol–water partition coefficient (Wildman–Crippen LogP) is 8.67. The van der Waals surface area contributed by atoms with Crippen molar-refractivity contribution in [1.82, 2.24) is 0 Å². The molecule has 31 heavy (non-hydrogen) atoms. The molecule has 0 saturated carbocycles. The normalized spacial score (nSPS) is 11.0. The highest BCUT2D eigenvalue weighted by atomic mass is 79.9. The first-order chi connectivity index (χ1) is 15.2. The summed E-state index contributed by atoms with van der Waals surface area (Å²) in [4.78, 5) is 0. The molecule has 0 bridgehead atoms. The fourth-order valence-corrected chi connectivity index (χ4v) is 4.99. The largest absolute Gasteiger partial charge is 0.497 e. The summed E-state index contributed by atoms with van der Waals surface area (Å²) in [7, 11) is 3.56. The quantitative estimate of drug-likeness (QED) is 0.162. The topological polar surface area (TPSA) is 18.5 Å². The van der Waals surface area contributed by atoms with E-state index in [9.17, 15) is 0 Å². The zero-order valence-corrected chi connectivity index (χ0v) is 22.6. The zero-order valence-electron chi connectivity index (χ0n) is 19.4. The van der Waals surface area contributed by atoms with Crippen LogP contribution in [0.4, 0.5) is 0 Å². The Kier molecular flexibility index (Phi) is 12.7. The Morgan fingerprint density at radius 3 is 1.84 bits per heavy atom. The molecule has 0 heterocycles. The summed E-state index contributed by atoms with van der Waals surface area (Å²) in [6.07, 6.45) is 12.2. The third kappa shape index (κ3) is 8.13. The number of rotatable bonds is 15. The monoisotopic (exact) mass is 552 g/mol. The van der Waals surface area contributed by atoms with Crippen LogP contribution >= 0.6 is 31.9 Å². The third-order valence-electron chi connectivity index (χ3n) is 5.99. The second kappa shape index (κ2) is 14.9. The highest BCUT2D eigenvalue weighted by Crippen LogP contribution is 2.37. The highest BCUT2D eigenvalue weighted by molar-refractivity contribution is 9.09. The van der Waals surface area contributed by atoms with Crippen LogP contribution in [-0.4, -0.2) is 24.9 Å². The summed E-state index contributed by atoms with van der Waals surface area (Å²) in [5.74, 6) is 2.02. The van der Waals surface area contributed by atoms with Crippen LogP contribution in [0, 0.1) is 6.92 Å². The number of alkyl halides is 2. The molecule has 4 heteroatoms. The standard InChI is InChI=1S/C27H38Br2O2/c1-21-25(13-9-5-7-11-19-29)27(31-3)23(12-8-4-6-10-18-28)20-26(21)22-14-16-24(30-2)17-15-22/h14-17,20H,4-13,18-19H2,1-3H3. The number of aryl methyl sites for hydroxylation is 1. The molecule has 0 aliphatic rings. The number of hydrogen-bond acceptors (Lipinski definition) is 2. The Balaban J connectivity index is 2.33. The first-order valence-corrected chi connectivity index (χ1v) is 13.9.